The Morgan fingerprint density at radius 2 is 1.85 bits per heavy atom. The summed E-state index contributed by atoms with van der Waals surface area (Å²) in [5, 5.41) is 2.99. The molecule has 0 fully saturated rings. The first-order chi connectivity index (χ1) is 12.1. The fourth-order valence-corrected chi connectivity index (χ4v) is 3.46. The molecule has 2 aromatic carbocycles. The highest BCUT2D eigenvalue weighted by Gasteiger charge is 2.21. The van der Waals surface area contributed by atoms with Crippen molar-refractivity contribution >= 4 is 38.9 Å². The predicted molar refractivity (Wildman–Crippen MR) is 105 cm³/mol. The number of benzene rings is 2. The van der Waals surface area contributed by atoms with E-state index < -0.39 is 15.9 Å². The molecule has 0 aliphatic rings. The van der Waals surface area contributed by atoms with Gasteiger partial charge in [0.1, 0.15) is 12.3 Å². The summed E-state index contributed by atoms with van der Waals surface area (Å²) in [5.41, 5.74) is 2.88. The first-order valence-corrected chi connectivity index (χ1v) is 10.0. The van der Waals surface area contributed by atoms with Gasteiger partial charge in [0.15, 0.2) is 0 Å². The zero-order valence-corrected chi connectivity index (χ0v) is 16.6. The molecule has 1 amide bonds. The lowest BCUT2D eigenvalue weighted by molar-refractivity contribution is -0.114. The van der Waals surface area contributed by atoms with Crippen LogP contribution >= 0.6 is 11.6 Å². The molecule has 0 saturated carbocycles. The number of nitrogens with one attached hydrogen (secondary N) is 1. The number of sulfonamides is 1. The topological polar surface area (TPSA) is 75.7 Å². The van der Waals surface area contributed by atoms with Crippen LogP contribution in [0.2, 0.25) is 5.02 Å². The molecule has 0 bridgehead atoms. The molecule has 6 nitrogen and oxygen atoms in total. The highest BCUT2D eigenvalue weighted by atomic mass is 35.5. The first-order valence-electron chi connectivity index (χ1n) is 7.80. The van der Waals surface area contributed by atoms with Crippen molar-refractivity contribution in [3.8, 4) is 5.75 Å². The molecule has 2 aromatic rings. The Balaban J connectivity index is 2.22. The van der Waals surface area contributed by atoms with Gasteiger partial charge in [-0.05, 0) is 55.3 Å². The summed E-state index contributed by atoms with van der Waals surface area (Å²) in [6.07, 6.45) is 1.07. The van der Waals surface area contributed by atoms with Crippen LogP contribution in [0.5, 0.6) is 5.75 Å². The smallest absolute Gasteiger partial charge is 0.245 e. The lowest BCUT2D eigenvalue weighted by Gasteiger charge is -2.22. The summed E-state index contributed by atoms with van der Waals surface area (Å²) in [4.78, 5) is 12.4. The molecule has 2 rings (SSSR count). The standard InChI is InChI=1S/C18H21ClN2O4S/c1-12-5-7-15(9-13(12)2)21(26(4,23)24)11-18(22)20-14-6-8-17(25-3)16(19)10-14/h5-10H,11H2,1-4H3,(H,20,22). The van der Waals surface area contributed by atoms with Crippen molar-refractivity contribution in [2.45, 2.75) is 13.8 Å². The van der Waals surface area contributed by atoms with Crippen molar-refractivity contribution < 1.29 is 17.9 Å². The fraction of sp³-hybridized carbons (Fsp3) is 0.278. The van der Waals surface area contributed by atoms with Crippen LogP contribution in [-0.4, -0.2) is 34.2 Å². The third-order valence-corrected chi connectivity index (χ3v) is 5.34. The molecule has 0 unspecified atom stereocenters. The van der Waals surface area contributed by atoms with E-state index in [1.165, 1.54) is 7.11 Å². The number of hydrogen-bond donors (Lipinski definition) is 1. The van der Waals surface area contributed by atoms with Crippen molar-refractivity contribution in [1.29, 1.82) is 0 Å². The van der Waals surface area contributed by atoms with Crippen LogP contribution in [0.3, 0.4) is 0 Å². The normalized spacial score (nSPS) is 11.1. The summed E-state index contributed by atoms with van der Waals surface area (Å²) in [6, 6.07) is 10.0. The van der Waals surface area contributed by atoms with E-state index in [0.717, 1.165) is 21.7 Å². The second kappa shape index (κ2) is 7.97. The number of methoxy groups -OCH3 is 1. The van der Waals surface area contributed by atoms with Crippen LogP contribution in [0.15, 0.2) is 36.4 Å². The zero-order valence-electron chi connectivity index (χ0n) is 15.0. The number of ether oxygens (including phenoxy) is 1. The van der Waals surface area contributed by atoms with Crippen molar-refractivity contribution in [3.63, 3.8) is 0 Å². The SMILES string of the molecule is COc1ccc(NC(=O)CN(c2ccc(C)c(C)c2)S(C)(=O)=O)cc1Cl. The highest BCUT2D eigenvalue weighted by Crippen LogP contribution is 2.27. The molecule has 0 spiro atoms. The van der Waals surface area contributed by atoms with Crippen LogP contribution in [0.1, 0.15) is 11.1 Å². The minimum Gasteiger partial charge on any atom is -0.495 e. The molecular formula is C18H21ClN2O4S. The molecule has 0 aromatic heterocycles. The van der Waals surface area contributed by atoms with E-state index in [1.54, 1.807) is 30.3 Å². The molecule has 0 aliphatic carbocycles. The zero-order chi connectivity index (χ0) is 19.5. The van der Waals surface area contributed by atoms with E-state index in [9.17, 15) is 13.2 Å². The minimum absolute atomic E-state index is 0.342. The van der Waals surface area contributed by atoms with Crippen LogP contribution in [0, 0.1) is 13.8 Å². The van der Waals surface area contributed by atoms with Gasteiger partial charge >= 0.3 is 0 Å². The lowest BCUT2D eigenvalue weighted by atomic mass is 10.1. The Morgan fingerprint density at radius 3 is 2.38 bits per heavy atom. The summed E-state index contributed by atoms with van der Waals surface area (Å²) in [6.45, 7) is 3.48. The van der Waals surface area contributed by atoms with Gasteiger partial charge < -0.3 is 10.1 Å². The van der Waals surface area contributed by atoms with Gasteiger partial charge in [-0.1, -0.05) is 17.7 Å². The summed E-state index contributed by atoms with van der Waals surface area (Å²) >= 11 is 6.04. The molecular weight excluding hydrogens is 376 g/mol. The summed E-state index contributed by atoms with van der Waals surface area (Å²) in [7, 11) is -2.13. The Hall–Kier alpha value is -2.25. The average Bonchev–Trinajstić information content (AvgIpc) is 2.54. The van der Waals surface area contributed by atoms with E-state index in [0.29, 0.717) is 22.1 Å². The minimum atomic E-state index is -3.63. The molecule has 8 heteroatoms. The molecule has 0 aliphatic heterocycles. The van der Waals surface area contributed by atoms with Crippen LogP contribution in [-0.2, 0) is 14.8 Å². The monoisotopic (exact) mass is 396 g/mol. The van der Waals surface area contributed by atoms with Crippen molar-refractivity contribution in [1.82, 2.24) is 0 Å². The van der Waals surface area contributed by atoms with Crippen LogP contribution < -0.4 is 14.4 Å². The molecule has 0 radical (unpaired) electrons. The molecule has 1 N–H and O–H groups in total. The summed E-state index contributed by atoms with van der Waals surface area (Å²) in [5.74, 6) is 0.00689. The molecule has 0 atom stereocenters. The lowest BCUT2D eigenvalue weighted by Crippen LogP contribution is -2.37. The Bertz CT molecular complexity index is 929. The van der Waals surface area contributed by atoms with Crippen LogP contribution in [0.4, 0.5) is 11.4 Å². The van der Waals surface area contributed by atoms with Gasteiger partial charge in [-0.3, -0.25) is 9.10 Å². The fourth-order valence-electron chi connectivity index (χ4n) is 2.36. The van der Waals surface area contributed by atoms with E-state index in [-0.39, 0.29) is 6.54 Å². The van der Waals surface area contributed by atoms with Gasteiger partial charge in [-0.25, -0.2) is 8.42 Å². The summed E-state index contributed by atoms with van der Waals surface area (Å²) < 4.78 is 30.5. The van der Waals surface area contributed by atoms with Gasteiger partial charge in [0, 0.05) is 5.69 Å². The van der Waals surface area contributed by atoms with Crippen molar-refractivity contribution in [2.24, 2.45) is 0 Å². The number of carbonyl (C=O) groups excluding carboxylic acids is 1. The second-order valence-electron chi connectivity index (χ2n) is 5.94. The van der Waals surface area contributed by atoms with Gasteiger partial charge in [-0.15, -0.1) is 0 Å². The van der Waals surface area contributed by atoms with Gasteiger partial charge in [-0.2, -0.15) is 0 Å². The van der Waals surface area contributed by atoms with Gasteiger partial charge in [0.25, 0.3) is 0 Å². The van der Waals surface area contributed by atoms with E-state index in [1.807, 2.05) is 19.9 Å². The van der Waals surface area contributed by atoms with E-state index >= 15 is 0 Å². The Kier molecular flexibility index (Phi) is 6.15. The first kappa shape index (κ1) is 20.1. The molecule has 0 heterocycles. The number of aryl methyl sites for hydroxylation is 2. The molecule has 0 saturated heterocycles. The quantitative estimate of drug-likeness (QED) is 0.812. The van der Waals surface area contributed by atoms with E-state index in [4.69, 9.17) is 16.3 Å². The number of halogens is 1. The predicted octanol–water partition coefficient (Wildman–Crippen LogP) is 3.37. The molecule has 140 valence electrons. The number of carbonyl (C=O) groups is 1. The van der Waals surface area contributed by atoms with Crippen molar-refractivity contribution in [2.75, 3.05) is 29.5 Å². The maximum atomic E-state index is 12.4. The highest BCUT2D eigenvalue weighted by molar-refractivity contribution is 7.92. The number of nitrogens with zero attached hydrogens (tertiary/aromatic N) is 1. The number of hydrogen-bond acceptors (Lipinski definition) is 4. The maximum absolute atomic E-state index is 12.4. The third kappa shape index (κ3) is 4.89. The Labute approximate surface area is 158 Å². The van der Waals surface area contributed by atoms with Crippen molar-refractivity contribution in [3.05, 3.63) is 52.5 Å². The largest absolute Gasteiger partial charge is 0.495 e. The number of anilines is 2. The van der Waals surface area contributed by atoms with E-state index in [2.05, 4.69) is 5.32 Å². The third-order valence-electron chi connectivity index (χ3n) is 3.90. The number of amides is 1. The van der Waals surface area contributed by atoms with Gasteiger partial charge in [0.05, 0.1) is 24.1 Å². The second-order valence-corrected chi connectivity index (χ2v) is 8.25. The van der Waals surface area contributed by atoms with Crippen LogP contribution in [0.25, 0.3) is 0 Å². The maximum Gasteiger partial charge on any atom is 0.245 e. The Morgan fingerprint density at radius 1 is 1.15 bits per heavy atom. The van der Waals surface area contributed by atoms with Gasteiger partial charge in [0.2, 0.25) is 15.9 Å². The number of rotatable bonds is 6. The molecule has 26 heavy (non-hydrogen) atoms. The average molecular weight is 397 g/mol.